The molecule has 2 aliphatic carbocycles. The van der Waals surface area contributed by atoms with Crippen LogP contribution >= 0.6 is 0 Å². The number of para-hydroxylation sites is 3. The number of aromatic nitrogens is 5. The molecule has 0 saturated carbocycles. The molecule has 0 amide bonds. The Balaban J connectivity index is 1.02. The van der Waals surface area contributed by atoms with E-state index in [1.165, 1.54) is 38.2 Å². The van der Waals surface area contributed by atoms with Crippen molar-refractivity contribution in [1.29, 1.82) is 0 Å². The zero-order chi connectivity index (χ0) is 52.9. The van der Waals surface area contributed by atoms with Crippen LogP contribution in [0, 0.1) is 0 Å². The second kappa shape index (κ2) is 20.0. The number of nitrogens with zero attached hydrogens (tertiary/aromatic N) is 5. The van der Waals surface area contributed by atoms with Crippen molar-refractivity contribution in [1.82, 2.24) is 24.1 Å². The van der Waals surface area contributed by atoms with Gasteiger partial charge in [-0.1, -0.05) is 237 Å². The van der Waals surface area contributed by atoms with Crippen molar-refractivity contribution in [2.45, 2.75) is 24.7 Å². The molecule has 0 N–H and O–H groups in total. The van der Waals surface area contributed by atoms with Gasteiger partial charge in [0.2, 0.25) is 0 Å². The number of benzene rings is 10. The van der Waals surface area contributed by atoms with Crippen LogP contribution in [0.4, 0.5) is 0 Å². The fourth-order valence-corrected chi connectivity index (χ4v) is 12.4. The van der Waals surface area contributed by atoms with Crippen LogP contribution in [0.25, 0.3) is 117 Å². The van der Waals surface area contributed by atoms with Gasteiger partial charge in [-0.3, -0.25) is 0 Å². The molecule has 0 aliphatic heterocycles. The van der Waals surface area contributed by atoms with Crippen LogP contribution < -0.4 is 0 Å². The van der Waals surface area contributed by atoms with E-state index < -0.39 is 0 Å². The summed E-state index contributed by atoms with van der Waals surface area (Å²) in [4.78, 5) is 16.7. The molecule has 3 aromatic heterocycles. The molecule has 378 valence electrons. The molecule has 13 aromatic rings. The third-order valence-electron chi connectivity index (χ3n) is 16.2. The summed E-state index contributed by atoms with van der Waals surface area (Å²) in [5.41, 5.74) is 18.8. The van der Waals surface area contributed by atoms with Crippen molar-refractivity contribution in [3.8, 4) is 67.5 Å². The smallest absolute Gasteiger partial charge is 0.163 e. The number of hydrogen-bond donors (Lipinski definition) is 0. The Morgan fingerprint density at radius 2 is 0.875 bits per heavy atom. The summed E-state index contributed by atoms with van der Waals surface area (Å²) in [5.74, 6) is 2.15. The van der Waals surface area contributed by atoms with Gasteiger partial charge in [-0.2, -0.15) is 0 Å². The largest absolute Gasteiger partial charge is 0.307 e. The number of rotatable bonds is 10. The molecule has 80 heavy (non-hydrogen) atoms. The van der Waals surface area contributed by atoms with Gasteiger partial charge in [-0.05, 0) is 100 Å². The van der Waals surface area contributed by atoms with Gasteiger partial charge in [0.1, 0.15) is 5.82 Å². The Morgan fingerprint density at radius 3 is 1.45 bits per heavy atom. The normalized spacial score (nSPS) is 15.1. The number of allylic oxidation sites excluding steroid dienone is 8. The van der Waals surface area contributed by atoms with E-state index in [0.717, 1.165) is 96.6 Å². The van der Waals surface area contributed by atoms with Gasteiger partial charge in [-0.15, -0.1) is 0 Å². The van der Waals surface area contributed by atoms with Gasteiger partial charge in [0.15, 0.2) is 11.6 Å². The molecule has 2 aliphatic rings. The van der Waals surface area contributed by atoms with Crippen LogP contribution in [0.15, 0.2) is 285 Å². The lowest BCUT2D eigenvalue weighted by atomic mass is 9.88. The van der Waals surface area contributed by atoms with Crippen molar-refractivity contribution in [3.63, 3.8) is 0 Å². The fraction of sp³-hybridized carbons (Fsp3) is 0.0533. The molecule has 2 unspecified atom stereocenters. The third kappa shape index (κ3) is 8.30. The topological polar surface area (TPSA) is 48.5 Å². The third-order valence-corrected chi connectivity index (χ3v) is 16.2. The van der Waals surface area contributed by atoms with Crippen molar-refractivity contribution in [3.05, 3.63) is 302 Å². The van der Waals surface area contributed by atoms with Crippen molar-refractivity contribution in [2.75, 3.05) is 0 Å². The highest BCUT2D eigenvalue weighted by atomic mass is 15.1. The zero-order valence-electron chi connectivity index (χ0n) is 43.9. The lowest BCUT2D eigenvalue weighted by Crippen LogP contribution is -2.09. The maximum absolute atomic E-state index is 5.62. The molecule has 5 heteroatoms. The quantitative estimate of drug-likeness (QED) is 0.137. The van der Waals surface area contributed by atoms with Crippen molar-refractivity contribution < 1.29 is 0 Å². The molecule has 5 nitrogen and oxygen atoms in total. The van der Waals surface area contributed by atoms with Crippen LogP contribution in [0.3, 0.4) is 0 Å². The first-order chi connectivity index (χ1) is 39.7. The van der Waals surface area contributed by atoms with Crippen LogP contribution in [0.1, 0.15) is 41.6 Å². The molecule has 15 rings (SSSR count). The van der Waals surface area contributed by atoms with Gasteiger partial charge in [0, 0.05) is 61.3 Å². The second-order valence-electron chi connectivity index (χ2n) is 21.0. The van der Waals surface area contributed by atoms with E-state index in [1.807, 2.05) is 0 Å². The van der Waals surface area contributed by atoms with E-state index in [0.29, 0.717) is 11.6 Å². The standard InChI is InChI=1S/C75H53N5/c1-7-23-50(24-8-1)53-39-41-56(42-40-53)73-76-74(59-46-57(51-25-9-2-10-26-51)45-58(47-59)52-27-11-3-12-28-52)78-75(77-73)60-48-66(54-29-13-4-14-30-54)70(67(49-60)55-31-15-5-16-32-55)80-69-38-22-20-36-63(69)65-44-43-64-62-35-19-21-37-68(62)79(71(64)72(65)80)61-33-17-6-18-34-61/h1-27,29-41,43-49,52,56H,28,42H2. The lowest BCUT2D eigenvalue weighted by molar-refractivity contribution is 0.766. The summed E-state index contributed by atoms with van der Waals surface area (Å²) in [5, 5.41) is 4.78. The average Bonchev–Trinajstić information content (AvgIpc) is 4.05. The second-order valence-corrected chi connectivity index (χ2v) is 21.0. The minimum absolute atomic E-state index is 0.0796. The fourth-order valence-electron chi connectivity index (χ4n) is 12.4. The van der Waals surface area contributed by atoms with E-state index in [9.17, 15) is 0 Å². The summed E-state index contributed by atoms with van der Waals surface area (Å²) in [6.07, 6.45) is 17.4. The van der Waals surface area contributed by atoms with E-state index in [1.54, 1.807) is 0 Å². The molecule has 0 saturated heterocycles. The van der Waals surface area contributed by atoms with Gasteiger partial charge < -0.3 is 9.13 Å². The van der Waals surface area contributed by atoms with Crippen molar-refractivity contribution in [2.24, 2.45) is 0 Å². The summed E-state index contributed by atoms with van der Waals surface area (Å²) in [6, 6.07) is 87.8. The highest BCUT2D eigenvalue weighted by Gasteiger charge is 2.27. The summed E-state index contributed by atoms with van der Waals surface area (Å²) in [7, 11) is 0. The monoisotopic (exact) mass is 1020 g/mol. The van der Waals surface area contributed by atoms with E-state index in [-0.39, 0.29) is 11.8 Å². The summed E-state index contributed by atoms with van der Waals surface area (Å²) in [6.45, 7) is 0. The minimum Gasteiger partial charge on any atom is -0.307 e. The molecule has 0 bridgehead atoms. The van der Waals surface area contributed by atoms with Crippen LogP contribution in [-0.2, 0) is 0 Å². The minimum atomic E-state index is -0.0796. The zero-order valence-corrected chi connectivity index (χ0v) is 43.9. The first kappa shape index (κ1) is 47.0. The van der Waals surface area contributed by atoms with Crippen LogP contribution in [0.2, 0.25) is 0 Å². The average molecular weight is 1020 g/mol. The molecule has 0 fully saturated rings. The van der Waals surface area contributed by atoms with E-state index >= 15 is 0 Å². The Kier molecular flexibility index (Phi) is 11.7. The lowest BCUT2D eigenvalue weighted by Gasteiger charge is -2.22. The van der Waals surface area contributed by atoms with Gasteiger partial charge in [-0.25, -0.2) is 15.0 Å². The molecule has 0 radical (unpaired) electrons. The molecular weight excluding hydrogens is 971 g/mol. The first-order valence-corrected chi connectivity index (χ1v) is 27.7. The summed E-state index contributed by atoms with van der Waals surface area (Å²) < 4.78 is 5.02. The predicted octanol–water partition coefficient (Wildman–Crippen LogP) is 19.1. The van der Waals surface area contributed by atoms with Gasteiger partial charge >= 0.3 is 0 Å². The highest BCUT2D eigenvalue weighted by molar-refractivity contribution is 6.24. The van der Waals surface area contributed by atoms with E-state index in [2.05, 4.69) is 294 Å². The van der Waals surface area contributed by atoms with Gasteiger partial charge in [0.05, 0.1) is 27.8 Å². The Labute approximate surface area is 465 Å². The molecule has 3 heterocycles. The Hall–Kier alpha value is -10.2. The highest BCUT2D eigenvalue weighted by Crippen LogP contribution is 2.47. The summed E-state index contributed by atoms with van der Waals surface area (Å²) >= 11 is 0. The Bertz CT molecular complexity index is 4560. The molecule has 2 atom stereocenters. The molecular formula is C75H53N5. The number of hydrogen-bond acceptors (Lipinski definition) is 3. The van der Waals surface area contributed by atoms with Crippen LogP contribution in [-0.4, -0.2) is 24.1 Å². The SMILES string of the molecule is C1=CCC(c2cc(-c3ccccc3)cc(-c3nc(-c4cc(-c5ccccc5)c(-n5c6ccccc6c6ccc7c8ccccc8n(-c8ccccc8)c7c65)c(-c5ccccc5)c4)nc(C4C=CC(c5ccccc5)=CC4)n3)c2)C=C1. The van der Waals surface area contributed by atoms with Gasteiger partial charge in [0.25, 0.3) is 0 Å². The van der Waals surface area contributed by atoms with Crippen molar-refractivity contribution >= 4 is 49.2 Å². The number of fused-ring (bicyclic) bond motifs is 7. The molecule has 10 aromatic carbocycles. The first-order valence-electron chi connectivity index (χ1n) is 27.7. The Morgan fingerprint density at radius 1 is 0.362 bits per heavy atom. The van der Waals surface area contributed by atoms with E-state index in [4.69, 9.17) is 15.0 Å². The maximum Gasteiger partial charge on any atom is 0.163 e. The molecule has 0 spiro atoms. The maximum atomic E-state index is 5.62. The predicted molar refractivity (Wildman–Crippen MR) is 332 cm³/mol. The van der Waals surface area contributed by atoms with Crippen LogP contribution in [0.5, 0.6) is 0 Å².